The third-order valence-corrected chi connectivity index (χ3v) is 5.88. The van der Waals surface area contributed by atoms with Crippen molar-refractivity contribution in [3.63, 3.8) is 0 Å². The van der Waals surface area contributed by atoms with Gasteiger partial charge in [-0.15, -0.1) is 0 Å². The van der Waals surface area contributed by atoms with Crippen LogP contribution in [0.1, 0.15) is 36.9 Å². The van der Waals surface area contributed by atoms with Crippen molar-refractivity contribution >= 4 is 22.8 Å². The zero-order chi connectivity index (χ0) is 23.0. The van der Waals surface area contributed by atoms with Crippen molar-refractivity contribution in [2.45, 2.75) is 32.2 Å². The van der Waals surface area contributed by atoms with E-state index in [0.717, 1.165) is 51.1 Å². The van der Waals surface area contributed by atoms with Crippen molar-refractivity contribution in [3.05, 3.63) is 65.9 Å². The van der Waals surface area contributed by atoms with Gasteiger partial charge in [0.15, 0.2) is 11.7 Å². The van der Waals surface area contributed by atoms with E-state index >= 15 is 0 Å². The predicted molar refractivity (Wildman–Crippen MR) is 128 cm³/mol. The summed E-state index contributed by atoms with van der Waals surface area (Å²) in [6, 6.07) is 20.1. The minimum absolute atomic E-state index is 0.308. The summed E-state index contributed by atoms with van der Waals surface area (Å²) in [6.45, 7) is 6.45. The van der Waals surface area contributed by atoms with Crippen LogP contribution in [0.3, 0.4) is 0 Å². The monoisotopic (exact) mass is 443 g/mol. The van der Waals surface area contributed by atoms with Crippen molar-refractivity contribution in [2.75, 3.05) is 37.7 Å². The Hall–Kier alpha value is -3.50. The molecule has 0 radical (unpaired) electrons. The Bertz CT molecular complexity index is 1120. The standard InChI is InChI=1S/C26H29N5O2/c1-2-3-17-33-26(32)21(18-27)24-25(29-23-12-8-7-11-22(23)28-24)31-15-13-30(14-16-31)19-20-9-5-4-6-10-20/h4-12,21H,2-3,13-17,19H2,1H3. The van der Waals surface area contributed by atoms with Crippen LogP contribution in [0.4, 0.5) is 5.82 Å². The number of esters is 1. The lowest BCUT2D eigenvalue weighted by Gasteiger charge is -2.36. The smallest absolute Gasteiger partial charge is 0.329 e. The lowest BCUT2D eigenvalue weighted by molar-refractivity contribution is -0.144. The summed E-state index contributed by atoms with van der Waals surface area (Å²) in [4.78, 5) is 26.8. The number of para-hydroxylation sites is 2. The molecule has 1 atom stereocenters. The van der Waals surface area contributed by atoms with Gasteiger partial charge in [0.1, 0.15) is 5.69 Å². The Morgan fingerprint density at radius 1 is 1.03 bits per heavy atom. The number of anilines is 1. The quantitative estimate of drug-likeness (QED) is 0.386. The summed E-state index contributed by atoms with van der Waals surface area (Å²) in [7, 11) is 0. The molecular weight excluding hydrogens is 414 g/mol. The molecule has 1 aliphatic rings. The fourth-order valence-corrected chi connectivity index (χ4v) is 4.02. The van der Waals surface area contributed by atoms with E-state index in [1.54, 1.807) is 0 Å². The second-order valence-electron chi connectivity index (χ2n) is 8.25. The van der Waals surface area contributed by atoms with E-state index in [1.807, 2.05) is 37.3 Å². The Labute approximate surface area is 194 Å². The number of carbonyl (C=O) groups is 1. The van der Waals surface area contributed by atoms with Crippen LogP contribution in [0.25, 0.3) is 11.0 Å². The number of unbranched alkanes of at least 4 members (excludes halogenated alkanes) is 1. The van der Waals surface area contributed by atoms with E-state index in [4.69, 9.17) is 14.7 Å². The van der Waals surface area contributed by atoms with Crippen LogP contribution in [0.15, 0.2) is 54.6 Å². The van der Waals surface area contributed by atoms with Crippen molar-refractivity contribution in [1.29, 1.82) is 5.26 Å². The van der Waals surface area contributed by atoms with Gasteiger partial charge >= 0.3 is 5.97 Å². The highest BCUT2D eigenvalue weighted by atomic mass is 16.5. The maximum Gasteiger partial charge on any atom is 0.329 e. The molecule has 4 rings (SSSR count). The molecule has 1 fully saturated rings. The fraction of sp³-hybridized carbons (Fsp3) is 0.385. The number of nitrogens with zero attached hydrogens (tertiary/aromatic N) is 5. The molecule has 7 heteroatoms. The Morgan fingerprint density at radius 3 is 2.36 bits per heavy atom. The molecule has 3 aromatic rings. The maximum atomic E-state index is 12.7. The van der Waals surface area contributed by atoms with Crippen LogP contribution in [0.5, 0.6) is 0 Å². The van der Waals surface area contributed by atoms with Gasteiger partial charge in [-0.25, -0.2) is 9.97 Å². The largest absolute Gasteiger partial charge is 0.464 e. The van der Waals surface area contributed by atoms with Crippen molar-refractivity contribution in [2.24, 2.45) is 0 Å². The molecule has 1 aliphatic heterocycles. The number of aromatic nitrogens is 2. The van der Waals surface area contributed by atoms with Crippen LogP contribution >= 0.6 is 0 Å². The van der Waals surface area contributed by atoms with Crippen LogP contribution in [-0.2, 0) is 16.1 Å². The minimum Gasteiger partial charge on any atom is -0.464 e. The maximum absolute atomic E-state index is 12.7. The molecule has 7 nitrogen and oxygen atoms in total. The molecule has 0 bridgehead atoms. The van der Waals surface area contributed by atoms with Crippen molar-refractivity contribution in [1.82, 2.24) is 14.9 Å². The molecular formula is C26H29N5O2. The highest BCUT2D eigenvalue weighted by molar-refractivity contribution is 5.85. The van der Waals surface area contributed by atoms with Crippen LogP contribution in [0.2, 0.25) is 0 Å². The molecule has 2 heterocycles. The summed E-state index contributed by atoms with van der Waals surface area (Å²) < 4.78 is 5.37. The highest BCUT2D eigenvalue weighted by Crippen LogP contribution is 2.29. The molecule has 0 amide bonds. The summed E-state index contributed by atoms with van der Waals surface area (Å²) in [6.07, 6.45) is 1.68. The SMILES string of the molecule is CCCCOC(=O)C(C#N)c1nc2ccccc2nc1N1CCN(Cc2ccccc2)CC1. The average Bonchev–Trinajstić information content (AvgIpc) is 2.85. The first-order chi connectivity index (χ1) is 16.2. The summed E-state index contributed by atoms with van der Waals surface area (Å²) >= 11 is 0. The summed E-state index contributed by atoms with van der Waals surface area (Å²) in [5.41, 5.74) is 3.09. The van der Waals surface area contributed by atoms with Gasteiger partial charge in [-0.3, -0.25) is 9.69 Å². The third-order valence-electron chi connectivity index (χ3n) is 5.88. The van der Waals surface area contributed by atoms with Crippen molar-refractivity contribution < 1.29 is 9.53 Å². The average molecular weight is 444 g/mol. The van der Waals surface area contributed by atoms with Crippen LogP contribution in [-0.4, -0.2) is 53.6 Å². The molecule has 0 N–H and O–H groups in total. The first-order valence-corrected chi connectivity index (χ1v) is 11.5. The second-order valence-corrected chi connectivity index (χ2v) is 8.25. The predicted octanol–water partition coefficient (Wildman–Crippen LogP) is 3.90. The molecule has 1 aromatic heterocycles. The molecule has 33 heavy (non-hydrogen) atoms. The Morgan fingerprint density at radius 2 is 1.70 bits per heavy atom. The van der Waals surface area contributed by atoms with E-state index in [0.29, 0.717) is 23.6 Å². The van der Waals surface area contributed by atoms with E-state index in [9.17, 15) is 10.1 Å². The zero-order valence-corrected chi connectivity index (χ0v) is 19.0. The Kier molecular flexibility index (Phi) is 7.48. The van der Waals surface area contributed by atoms with Gasteiger partial charge in [-0.2, -0.15) is 5.26 Å². The van der Waals surface area contributed by atoms with Gasteiger partial charge < -0.3 is 9.64 Å². The van der Waals surface area contributed by atoms with Gasteiger partial charge in [0, 0.05) is 32.7 Å². The molecule has 1 saturated heterocycles. The van der Waals surface area contributed by atoms with Gasteiger partial charge in [0.05, 0.1) is 23.7 Å². The number of carbonyl (C=O) groups excluding carboxylic acids is 1. The highest BCUT2D eigenvalue weighted by Gasteiger charge is 2.31. The number of fused-ring (bicyclic) bond motifs is 1. The number of hydrogen-bond donors (Lipinski definition) is 0. The molecule has 170 valence electrons. The molecule has 0 spiro atoms. The number of hydrogen-bond acceptors (Lipinski definition) is 7. The zero-order valence-electron chi connectivity index (χ0n) is 19.0. The van der Waals surface area contributed by atoms with Crippen molar-refractivity contribution in [3.8, 4) is 6.07 Å². The molecule has 2 aromatic carbocycles. The van der Waals surface area contributed by atoms with E-state index in [1.165, 1.54) is 5.56 Å². The lowest BCUT2D eigenvalue weighted by Crippen LogP contribution is -2.46. The number of piperazine rings is 1. The normalized spacial score (nSPS) is 15.2. The van der Waals surface area contributed by atoms with E-state index < -0.39 is 11.9 Å². The topological polar surface area (TPSA) is 82.3 Å². The second kappa shape index (κ2) is 10.9. The van der Waals surface area contributed by atoms with Gasteiger partial charge in [0.25, 0.3) is 0 Å². The van der Waals surface area contributed by atoms with E-state index in [-0.39, 0.29) is 0 Å². The molecule has 0 saturated carbocycles. The molecule has 1 unspecified atom stereocenters. The van der Waals surface area contributed by atoms with E-state index in [2.05, 4.69) is 40.1 Å². The fourth-order valence-electron chi connectivity index (χ4n) is 4.02. The molecule has 0 aliphatic carbocycles. The number of benzene rings is 2. The Balaban J connectivity index is 1.57. The number of nitriles is 1. The summed E-state index contributed by atoms with van der Waals surface area (Å²) in [5.74, 6) is -1.05. The van der Waals surface area contributed by atoms with Gasteiger partial charge in [0.2, 0.25) is 0 Å². The number of ether oxygens (including phenoxy) is 1. The first kappa shape index (κ1) is 22.7. The van der Waals surface area contributed by atoms with Gasteiger partial charge in [-0.1, -0.05) is 55.8 Å². The lowest BCUT2D eigenvalue weighted by atomic mass is 10.1. The number of rotatable bonds is 8. The van der Waals surface area contributed by atoms with Gasteiger partial charge in [-0.05, 0) is 24.1 Å². The van der Waals surface area contributed by atoms with Crippen LogP contribution in [0, 0.1) is 11.3 Å². The minimum atomic E-state index is -1.10. The van der Waals surface area contributed by atoms with Crippen LogP contribution < -0.4 is 4.90 Å². The third kappa shape index (κ3) is 5.47. The first-order valence-electron chi connectivity index (χ1n) is 11.5. The summed E-state index contributed by atoms with van der Waals surface area (Å²) in [5, 5.41) is 9.86.